The van der Waals surface area contributed by atoms with Crippen LogP contribution in [-0.2, 0) is 4.74 Å². The number of anilines is 2. The molecule has 4 N–H and O–H groups in total. The molecule has 21 heavy (non-hydrogen) atoms. The molecule has 0 spiro atoms. The molecule has 9 heteroatoms. The SMILES string of the molecule is CC1(Nc2nc(NN)nc(-n3ccnc3)n2)CCCOC1. The van der Waals surface area contributed by atoms with Crippen LogP contribution in [0.2, 0.25) is 0 Å². The van der Waals surface area contributed by atoms with E-state index in [-0.39, 0.29) is 11.5 Å². The molecule has 1 saturated heterocycles. The minimum absolute atomic E-state index is 0.197. The highest BCUT2D eigenvalue weighted by atomic mass is 16.5. The van der Waals surface area contributed by atoms with Gasteiger partial charge in [-0.2, -0.15) is 15.0 Å². The van der Waals surface area contributed by atoms with Crippen molar-refractivity contribution >= 4 is 11.9 Å². The van der Waals surface area contributed by atoms with E-state index in [1.54, 1.807) is 23.3 Å². The number of hydrazine groups is 1. The molecule has 2 aromatic rings. The molecule has 0 radical (unpaired) electrons. The average molecular weight is 290 g/mol. The number of hydrogen-bond donors (Lipinski definition) is 3. The van der Waals surface area contributed by atoms with Crippen LogP contribution in [-0.4, -0.2) is 43.3 Å². The summed E-state index contributed by atoms with van der Waals surface area (Å²) in [5, 5.41) is 3.32. The van der Waals surface area contributed by atoms with Crippen molar-refractivity contribution in [1.29, 1.82) is 0 Å². The molecule has 0 aromatic carbocycles. The largest absolute Gasteiger partial charge is 0.379 e. The molecule has 0 amide bonds. The van der Waals surface area contributed by atoms with E-state index in [2.05, 4.69) is 37.6 Å². The summed E-state index contributed by atoms with van der Waals surface area (Å²) < 4.78 is 7.22. The van der Waals surface area contributed by atoms with Crippen molar-refractivity contribution < 1.29 is 4.74 Å². The fraction of sp³-hybridized carbons (Fsp3) is 0.500. The lowest BCUT2D eigenvalue weighted by Crippen LogP contribution is -2.43. The molecule has 0 saturated carbocycles. The third kappa shape index (κ3) is 3.09. The molecule has 9 nitrogen and oxygen atoms in total. The van der Waals surface area contributed by atoms with E-state index in [1.807, 2.05) is 0 Å². The van der Waals surface area contributed by atoms with Gasteiger partial charge in [-0.25, -0.2) is 10.8 Å². The zero-order chi connectivity index (χ0) is 14.7. The van der Waals surface area contributed by atoms with Crippen molar-refractivity contribution in [3.63, 3.8) is 0 Å². The molecular weight excluding hydrogens is 272 g/mol. The van der Waals surface area contributed by atoms with Gasteiger partial charge in [-0.15, -0.1) is 0 Å². The fourth-order valence-corrected chi connectivity index (χ4v) is 2.28. The van der Waals surface area contributed by atoms with Crippen molar-refractivity contribution in [2.45, 2.75) is 25.3 Å². The first kappa shape index (κ1) is 13.7. The first-order chi connectivity index (χ1) is 10.2. The Morgan fingerprint density at radius 3 is 2.86 bits per heavy atom. The standard InChI is InChI=1S/C12H18N8O/c1-12(3-2-6-21-7-12)18-9-15-10(19-13)17-11(16-9)20-5-4-14-8-20/h4-5,8H,2-3,6-7,13H2,1H3,(H2,15,16,17,18,19). The van der Waals surface area contributed by atoms with E-state index in [0.717, 1.165) is 19.4 Å². The topological polar surface area (TPSA) is 116 Å². The molecule has 1 fully saturated rings. The molecule has 0 aliphatic carbocycles. The summed E-state index contributed by atoms with van der Waals surface area (Å²) >= 11 is 0. The number of imidazole rings is 1. The van der Waals surface area contributed by atoms with Crippen molar-refractivity contribution in [2.75, 3.05) is 24.0 Å². The van der Waals surface area contributed by atoms with Crippen LogP contribution in [0.4, 0.5) is 11.9 Å². The molecule has 1 atom stereocenters. The minimum Gasteiger partial charge on any atom is -0.379 e. The van der Waals surface area contributed by atoms with Gasteiger partial charge in [-0.1, -0.05) is 0 Å². The summed E-state index contributed by atoms with van der Waals surface area (Å²) in [7, 11) is 0. The third-order valence-corrected chi connectivity index (χ3v) is 3.34. The highest BCUT2D eigenvalue weighted by molar-refractivity contribution is 5.39. The smallest absolute Gasteiger partial charge is 0.243 e. The predicted octanol–water partition coefficient (Wildman–Crippen LogP) is 0.324. The first-order valence-electron chi connectivity index (χ1n) is 6.75. The van der Waals surface area contributed by atoms with Crippen LogP contribution >= 0.6 is 0 Å². The summed E-state index contributed by atoms with van der Waals surface area (Å²) in [4.78, 5) is 16.8. The number of nitrogens with two attached hydrogens (primary N) is 1. The Morgan fingerprint density at radius 1 is 1.33 bits per heavy atom. The Labute approximate surface area is 121 Å². The summed E-state index contributed by atoms with van der Waals surface area (Å²) in [6, 6.07) is 0. The van der Waals surface area contributed by atoms with Crippen LogP contribution in [0.5, 0.6) is 0 Å². The Hall–Kier alpha value is -2.26. The zero-order valence-electron chi connectivity index (χ0n) is 11.8. The Morgan fingerprint density at radius 2 is 2.19 bits per heavy atom. The zero-order valence-corrected chi connectivity index (χ0v) is 11.8. The van der Waals surface area contributed by atoms with Gasteiger partial charge in [-0.3, -0.25) is 9.99 Å². The van der Waals surface area contributed by atoms with Crippen molar-refractivity contribution in [3.05, 3.63) is 18.7 Å². The van der Waals surface area contributed by atoms with E-state index in [0.29, 0.717) is 18.5 Å². The van der Waals surface area contributed by atoms with Crippen molar-refractivity contribution in [3.8, 4) is 5.95 Å². The summed E-state index contributed by atoms with van der Waals surface area (Å²) in [5.74, 6) is 6.61. The van der Waals surface area contributed by atoms with Crippen LogP contribution in [0.1, 0.15) is 19.8 Å². The lowest BCUT2D eigenvalue weighted by Gasteiger charge is -2.34. The third-order valence-electron chi connectivity index (χ3n) is 3.34. The van der Waals surface area contributed by atoms with Crippen LogP contribution in [0.3, 0.4) is 0 Å². The average Bonchev–Trinajstić information content (AvgIpc) is 3.01. The number of rotatable bonds is 4. The number of ether oxygens (including phenoxy) is 1. The molecule has 2 aromatic heterocycles. The molecule has 3 heterocycles. The van der Waals surface area contributed by atoms with Crippen LogP contribution in [0, 0.1) is 0 Å². The van der Waals surface area contributed by atoms with Gasteiger partial charge in [-0.05, 0) is 19.8 Å². The molecule has 1 aliphatic heterocycles. The molecule has 1 unspecified atom stereocenters. The van der Waals surface area contributed by atoms with Gasteiger partial charge < -0.3 is 10.1 Å². The van der Waals surface area contributed by atoms with E-state index in [1.165, 1.54) is 0 Å². The van der Waals surface area contributed by atoms with Gasteiger partial charge in [0.2, 0.25) is 17.8 Å². The van der Waals surface area contributed by atoms with E-state index in [9.17, 15) is 0 Å². The lowest BCUT2D eigenvalue weighted by atomic mass is 9.95. The van der Waals surface area contributed by atoms with Gasteiger partial charge in [0.15, 0.2) is 0 Å². The maximum Gasteiger partial charge on any atom is 0.243 e. The van der Waals surface area contributed by atoms with Crippen molar-refractivity contribution in [1.82, 2.24) is 24.5 Å². The molecule has 0 bridgehead atoms. The molecule has 1 aliphatic rings. The Kier molecular flexibility index (Phi) is 3.67. The maximum atomic E-state index is 5.53. The highest BCUT2D eigenvalue weighted by Crippen LogP contribution is 2.23. The Bertz CT molecular complexity index is 593. The molecule has 112 valence electrons. The maximum absolute atomic E-state index is 5.53. The molecule has 3 rings (SSSR count). The quantitative estimate of drug-likeness (QED) is 0.545. The number of hydrogen-bond acceptors (Lipinski definition) is 8. The minimum atomic E-state index is -0.197. The van der Waals surface area contributed by atoms with Gasteiger partial charge in [0, 0.05) is 19.0 Å². The van der Waals surface area contributed by atoms with Gasteiger partial charge in [0.05, 0.1) is 12.1 Å². The number of nitrogens with one attached hydrogen (secondary N) is 2. The van der Waals surface area contributed by atoms with E-state index < -0.39 is 0 Å². The monoisotopic (exact) mass is 290 g/mol. The van der Waals surface area contributed by atoms with Gasteiger partial charge >= 0.3 is 0 Å². The predicted molar refractivity (Wildman–Crippen MR) is 76.8 cm³/mol. The van der Waals surface area contributed by atoms with Gasteiger partial charge in [0.1, 0.15) is 6.33 Å². The van der Waals surface area contributed by atoms with E-state index in [4.69, 9.17) is 10.6 Å². The summed E-state index contributed by atoms with van der Waals surface area (Å²) in [6.07, 6.45) is 7.02. The normalized spacial score (nSPS) is 22.0. The summed E-state index contributed by atoms with van der Waals surface area (Å²) in [5.41, 5.74) is 2.26. The number of aromatic nitrogens is 5. The van der Waals surface area contributed by atoms with Crippen molar-refractivity contribution in [2.24, 2.45) is 5.84 Å². The van der Waals surface area contributed by atoms with E-state index >= 15 is 0 Å². The number of nitrogens with zero attached hydrogens (tertiary/aromatic N) is 5. The summed E-state index contributed by atoms with van der Waals surface area (Å²) in [6.45, 7) is 3.50. The van der Waals surface area contributed by atoms with Crippen LogP contribution in [0.25, 0.3) is 5.95 Å². The second kappa shape index (κ2) is 5.62. The lowest BCUT2D eigenvalue weighted by molar-refractivity contribution is 0.0537. The van der Waals surface area contributed by atoms with Gasteiger partial charge in [0.25, 0.3) is 0 Å². The fourth-order valence-electron chi connectivity index (χ4n) is 2.28. The number of nitrogen functional groups attached to an aromatic ring is 1. The molecular formula is C12H18N8O. The second-order valence-corrected chi connectivity index (χ2v) is 5.24. The Balaban J connectivity index is 1.89. The first-order valence-corrected chi connectivity index (χ1v) is 6.75. The van der Waals surface area contributed by atoms with Crippen LogP contribution in [0.15, 0.2) is 18.7 Å². The van der Waals surface area contributed by atoms with Crippen LogP contribution < -0.4 is 16.6 Å². The second-order valence-electron chi connectivity index (χ2n) is 5.24. The highest BCUT2D eigenvalue weighted by Gasteiger charge is 2.28.